The number of hydrogen-bond acceptors (Lipinski definition) is 4. The molecule has 18 heavy (non-hydrogen) atoms. The highest BCUT2D eigenvalue weighted by molar-refractivity contribution is 5.43. The zero-order valence-corrected chi connectivity index (χ0v) is 10.4. The molecule has 1 N–H and O–H groups in total. The van der Waals surface area contributed by atoms with Crippen molar-refractivity contribution in [2.75, 3.05) is 24.3 Å². The van der Waals surface area contributed by atoms with Gasteiger partial charge in [-0.05, 0) is 6.07 Å². The van der Waals surface area contributed by atoms with Crippen LogP contribution in [0.1, 0.15) is 5.56 Å². The lowest BCUT2D eigenvalue weighted by molar-refractivity contribution is 0.607. The van der Waals surface area contributed by atoms with Crippen LogP contribution in [0.4, 0.5) is 16.0 Å². The van der Waals surface area contributed by atoms with Crippen LogP contribution in [0, 0.1) is 5.82 Å². The van der Waals surface area contributed by atoms with Crippen LogP contribution in [0.5, 0.6) is 0 Å². The van der Waals surface area contributed by atoms with Crippen molar-refractivity contribution in [1.82, 2.24) is 9.97 Å². The van der Waals surface area contributed by atoms with Gasteiger partial charge in [0.1, 0.15) is 17.5 Å². The highest BCUT2D eigenvalue weighted by atomic mass is 19.1. The number of nitrogens with one attached hydrogen (secondary N) is 1. The zero-order valence-electron chi connectivity index (χ0n) is 10.4. The summed E-state index contributed by atoms with van der Waals surface area (Å²) in [7, 11) is 3.64. The Bertz CT molecular complexity index is 530. The first-order valence-corrected chi connectivity index (χ1v) is 5.65. The molecule has 5 heteroatoms. The molecule has 0 bridgehead atoms. The Hall–Kier alpha value is -2.17. The molecule has 0 fully saturated rings. The van der Waals surface area contributed by atoms with Crippen LogP contribution in [0.2, 0.25) is 0 Å². The third-order valence-electron chi connectivity index (χ3n) is 2.63. The monoisotopic (exact) mass is 246 g/mol. The van der Waals surface area contributed by atoms with Gasteiger partial charge in [-0.15, -0.1) is 0 Å². The van der Waals surface area contributed by atoms with Gasteiger partial charge in [0, 0.05) is 26.2 Å². The lowest BCUT2D eigenvalue weighted by atomic mass is 10.2. The van der Waals surface area contributed by atoms with E-state index in [4.69, 9.17) is 0 Å². The van der Waals surface area contributed by atoms with Gasteiger partial charge in [-0.1, -0.05) is 18.2 Å². The van der Waals surface area contributed by atoms with Gasteiger partial charge in [0.2, 0.25) is 0 Å². The topological polar surface area (TPSA) is 41.1 Å². The van der Waals surface area contributed by atoms with Gasteiger partial charge in [-0.25, -0.2) is 9.37 Å². The molecule has 1 heterocycles. The molecular weight excluding hydrogens is 231 g/mol. The number of rotatable bonds is 4. The Kier molecular flexibility index (Phi) is 3.72. The van der Waals surface area contributed by atoms with Gasteiger partial charge in [0.05, 0.1) is 12.4 Å². The van der Waals surface area contributed by atoms with E-state index in [0.717, 1.165) is 0 Å². The number of benzene rings is 1. The maximum atomic E-state index is 13.5. The van der Waals surface area contributed by atoms with Crippen LogP contribution < -0.4 is 10.2 Å². The maximum absolute atomic E-state index is 13.5. The quantitative estimate of drug-likeness (QED) is 0.898. The second kappa shape index (κ2) is 5.44. The number of halogens is 1. The minimum atomic E-state index is -0.206. The molecule has 0 saturated heterocycles. The normalized spacial score (nSPS) is 10.2. The van der Waals surface area contributed by atoms with Crippen LogP contribution in [-0.2, 0) is 6.54 Å². The molecule has 1 aromatic heterocycles. The largest absolute Gasteiger partial charge is 0.372 e. The van der Waals surface area contributed by atoms with Gasteiger partial charge in [-0.3, -0.25) is 4.98 Å². The van der Waals surface area contributed by atoms with Crippen molar-refractivity contribution in [3.8, 4) is 0 Å². The van der Waals surface area contributed by atoms with Crippen molar-refractivity contribution in [1.29, 1.82) is 0 Å². The Balaban J connectivity index is 2.16. The molecule has 0 aliphatic carbocycles. The molecule has 0 spiro atoms. The van der Waals surface area contributed by atoms with Crippen LogP contribution in [0.15, 0.2) is 36.7 Å². The third kappa shape index (κ3) is 2.74. The summed E-state index contributed by atoms with van der Waals surface area (Å²) in [6.45, 7) is 0.453. The SMILES string of the molecule is CNc1cncc(N(C)Cc2ccccc2F)n1. The Morgan fingerprint density at radius 2 is 2.06 bits per heavy atom. The van der Waals surface area contributed by atoms with E-state index in [0.29, 0.717) is 23.7 Å². The molecule has 0 atom stereocenters. The van der Waals surface area contributed by atoms with E-state index in [1.165, 1.54) is 6.07 Å². The van der Waals surface area contributed by atoms with Crippen molar-refractivity contribution < 1.29 is 4.39 Å². The van der Waals surface area contributed by atoms with Gasteiger partial charge >= 0.3 is 0 Å². The Labute approximate surface area is 105 Å². The van der Waals surface area contributed by atoms with Gasteiger partial charge in [0.25, 0.3) is 0 Å². The number of hydrogen-bond donors (Lipinski definition) is 1. The molecule has 0 aliphatic rings. The van der Waals surface area contributed by atoms with Crippen molar-refractivity contribution >= 4 is 11.6 Å². The fourth-order valence-electron chi connectivity index (χ4n) is 1.62. The zero-order chi connectivity index (χ0) is 13.0. The van der Waals surface area contributed by atoms with E-state index in [1.807, 2.05) is 18.0 Å². The fourth-order valence-corrected chi connectivity index (χ4v) is 1.62. The minimum Gasteiger partial charge on any atom is -0.372 e. The van der Waals surface area contributed by atoms with Crippen molar-refractivity contribution in [2.45, 2.75) is 6.54 Å². The summed E-state index contributed by atoms with van der Waals surface area (Å²) < 4.78 is 13.5. The van der Waals surface area contributed by atoms with E-state index >= 15 is 0 Å². The molecule has 2 rings (SSSR count). The Morgan fingerprint density at radius 1 is 1.28 bits per heavy atom. The van der Waals surface area contributed by atoms with E-state index in [9.17, 15) is 4.39 Å². The standard InChI is InChI=1S/C13H15FN4/c1-15-12-7-16-8-13(17-12)18(2)9-10-5-3-4-6-11(10)14/h3-8H,9H2,1-2H3,(H,15,17). The molecule has 0 amide bonds. The van der Waals surface area contributed by atoms with Gasteiger partial charge in [0.15, 0.2) is 0 Å². The van der Waals surface area contributed by atoms with Crippen LogP contribution in [0.3, 0.4) is 0 Å². The van der Waals surface area contributed by atoms with E-state index in [2.05, 4.69) is 15.3 Å². The van der Waals surface area contributed by atoms with Crippen LogP contribution >= 0.6 is 0 Å². The highest BCUT2D eigenvalue weighted by Crippen LogP contribution is 2.15. The third-order valence-corrected chi connectivity index (χ3v) is 2.63. The summed E-state index contributed by atoms with van der Waals surface area (Å²) in [5.41, 5.74) is 0.636. The summed E-state index contributed by atoms with van der Waals surface area (Å²) >= 11 is 0. The molecule has 0 radical (unpaired) electrons. The second-order valence-corrected chi connectivity index (χ2v) is 3.96. The second-order valence-electron chi connectivity index (χ2n) is 3.96. The molecule has 94 valence electrons. The van der Waals surface area contributed by atoms with Crippen molar-refractivity contribution in [3.63, 3.8) is 0 Å². The maximum Gasteiger partial charge on any atom is 0.149 e. The first-order chi connectivity index (χ1) is 8.70. The predicted octanol–water partition coefficient (Wildman–Crippen LogP) is 2.29. The summed E-state index contributed by atoms with van der Waals surface area (Å²) in [4.78, 5) is 10.3. The first-order valence-electron chi connectivity index (χ1n) is 5.65. The van der Waals surface area contributed by atoms with Crippen LogP contribution in [-0.4, -0.2) is 24.1 Å². The lowest BCUT2D eigenvalue weighted by Gasteiger charge is -2.18. The van der Waals surface area contributed by atoms with E-state index < -0.39 is 0 Å². The van der Waals surface area contributed by atoms with E-state index in [1.54, 1.807) is 31.6 Å². The Morgan fingerprint density at radius 3 is 2.78 bits per heavy atom. The highest BCUT2D eigenvalue weighted by Gasteiger charge is 2.07. The van der Waals surface area contributed by atoms with Gasteiger partial charge in [-0.2, -0.15) is 0 Å². The lowest BCUT2D eigenvalue weighted by Crippen LogP contribution is -2.19. The molecule has 4 nitrogen and oxygen atoms in total. The summed E-state index contributed by atoms with van der Waals surface area (Å²) in [5, 5.41) is 2.92. The minimum absolute atomic E-state index is 0.206. The predicted molar refractivity (Wildman–Crippen MR) is 70.1 cm³/mol. The fraction of sp³-hybridized carbons (Fsp3) is 0.231. The van der Waals surface area contributed by atoms with Gasteiger partial charge < -0.3 is 10.2 Å². The summed E-state index contributed by atoms with van der Waals surface area (Å²) in [6.07, 6.45) is 3.29. The summed E-state index contributed by atoms with van der Waals surface area (Å²) in [6, 6.07) is 6.72. The first kappa shape index (κ1) is 12.3. The molecule has 1 aromatic carbocycles. The molecule has 0 saturated carbocycles. The van der Waals surface area contributed by atoms with E-state index in [-0.39, 0.29) is 5.82 Å². The van der Waals surface area contributed by atoms with Crippen molar-refractivity contribution in [2.24, 2.45) is 0 Å². The molecule has 2 aromatic rings. The number of anilines is 2. The van der Waals surface area contributed by atoms with Crippen LogP contribution in [0.25, 0.3) is 0 Å². The molecular formula is C13H15FN4. The molecule has 0 aliphatic heterocycles. The number of aromatic nitrogens is 2. The summed E-state index contributed by atoms with van der Waals surface area (Å²) in [5.74, 6) is 1.18. The molecule has 0 unspecified atom stereocenters. The number of nitrogens with zero attached hydrogens (tertiary/aromatic N) is 3. The average molecular weight is 246 g/mol. The average Bonchev–Trinajstić information content (AvgIpc) is 2.41. The van der Waals surface area contributed by atoms with Crippen molar-refractivity contribution in [3.05, 3.63) is 48.0 Å². The smallest absolute Gasteiger partial charge is 0.149 e.